The van der Waals surface area contributed by atoms with E-state index in [4.69, 9.17) is 11.6 Å². The van der Waals surface area contributed by atoms with E-state index in [-0.39, 0.29) is 24.8 Å². The number of anilines is 2. The van der Waals surface area contributed by atoms with Crippen molar-refractivity contribution in [1.82, 2.24) is 0 Å². The molecule has 0 atom stereocenters. The summed E-state index contributed by atoms with van der Waals surface area (Å²) in [7, 11) is 1.29. The van der Waals surface area contributed by atoms with Gasteiger partial charge in [-0.3, -0.25) is 9.59 Å². The zero-order chi connectivity index (χ0) is 20.0. The Morgan fingerprint density at radius 1 is 1.15 bits per heavy atom. The molecule has 142 valence electrons. The predicted octanol–water partition coefficient (Wildman–Crippen LogP) is 3.82. The third-order valence-electron chi connectivity index (χ3n) is 3.97. The first-order valence-corrected chi connectivity index (χ1v) is 8.72. The summed E-state index contributed by atoms with van der Waals surface area (Å²) in [5, 5.41) is 3.24. The van der Waals surface area contributed by atoms with Crippen LogP contribution in [0.3, 0.4) is 0 Å². The Bertz CT molecular complexity index is 867. The number of nitrogens with one attached hydrogen (secondary N) is 1. The molecule has 2 amide bonds. The molecule has 0 radical (unpaired) electrons. The van der Waals surface area contributed by atoms with Crippen molar-refractivity contribution in [2.75, 3.05) is 23.9 Å². The van der Waals surface area contributed by atoms with Gasteiger partial charge >= 0.3 is 5.97 Å². The van der Waals surface area contributed by atoms with Crippen LogP contribution in [-0.4, -0.2) is 31.4 Å². The molecule has 27 heavy (non-hydrogen) atoms. The summed E-state index contributed by atoms with van der Waals surface area (Å²) in [5.41, 5.74) is 2.39. The highest BCUT2D eigenvalue weighted by molar-refractivity contribution is 6.31. The number of hydrogen-bond donors (Lipinski definition) is 1. The van der Waals surface area contributed by atoms with Crippen LogP contribution in [0.25, 0.3) is 0 Å². The first-order chi connectivity index (χ1) is 12.8. The Hall–Kier alpha value is -2.86. The van der Waals surface area contributed by atoms with Crippen LogP contribution in [0.4, 0.5) is 11.4 Å². The van der Waals surface area contributed by atoms with Gasteiger partial charge < -0.3 is 15.0 Å². The minimum atomic E-state index is -0.481. The average molecular weight is 389 g/mol. The van der Waals surface area contributed by atoms with Crippen molar-refractivity contribution in [3.63, 3.8) is 0 Å². The fourth-order valence-corrected chi connectivity index (χ4v) is 2.77. The fraction of sp³-hybridized carbons (Fsp3) is 0.250. The maximum atomic E-state index is 12.3. The van der Waals surface area contributed by atoms with Gasteiger partial charge in [0.05, 0.1) is 12.7 Å². The second-order valence-corrected chi connectivity index (χ2v) is 6.41. The van der Waals surface area contributed by atoms with E-state index in [0.29, 0.717) is 22.0 Å². The van der Waals surface area contributed by atoms with E-state index in [9.17, 15) is 14.4 Å². The standard InChI is InChI=1S/C20H21ClN2O4/c1-13-7-8-16(21)12-18(13)23(14(2)24)10-9-19(25)22-17-6-4-5-15(11-17)20(26)27-3/h4-8,11-12H,9-10H2,1-3H3,(H,22,25). The largest absolute Gasteiger partial charge is 0.465 e. The minimum Gasteiger partial charge on any atom is -0.465 e. The van der Waals surface area contributed by atoms with E-state index < -0.39 is 5.97 Å². The molecule has 2 rings (SSSR count). The van der Waals surface area contributed by atoms with Gasteiger partial charge in [-0.2, -0.15) is 0 Å². The van der Waals surface area contributed by atoms with Crippen molar-refractivity contribution in [2.45, 2.75) is 20.3 Å². The predicted molar refractivity (Wildman–Crippen MR) is 105 cm³/mol. The van der Waals surface area contributed by atoms with E-state index >= 15 is 0 Å². The summed E-state index contributed by atoms with van der Waals surface area (Å²) in [4.78, 5) is 37.4. The monoisotopic (exact) mass is 388 g/mol. The fourth-order valence-electron chi connectivity index (χ4n) is 2.60. The summed E-state index contributed by atoms with van der Waals surface area (Å²) in [5.74, 6) is -0.936. The van der Waals surface area contributed by atoms with Crippen LogP contribution in [0.2, 0.25) is 5.02 Å². The summed E-state index contributed by atoms with van der Waals surface area (Å²) in [6, 6.07) is 11.7. The normalized spacial score (nSPS) is 10.2. The number of esters is 1. The molecule has 0 unspecified atom stereocenters. The number of ether oxygens (including phenoxy) is 1. The van der Waals surface area contributed by atoms with E-state index in [1.54, 1.807) is 30.3 Å². The van der Waals surface area contributed by atoms with Crippen LogP contribution >= 0.6 is 11.6 Å². The van der Waals surface area contributed by atoms with Crippen molar-refractivity contribution >= 4 is 40.8 Å². The molecule has 2 aromatic rings. The van der Waals surface area contributed by atoms with E-state index in [1.165, 1.54) is 25.0 Å². The van der Waals surface area contributed by atoms with E-state index in [0.717, 1.165) is 5.56 Å². The van der Waals surface area contributed by atoms with Crippen LogP contribution in [0.1, 0.15) is 29.3 Å². The molecule has 2 aromatic carbocycles. The Balaban J connectivity index is 2.05. The highest BCUT2D eigenvalue weighted by Crippen LogP contribution is 2.25. The van der Waals surface area contributed by atoms with Gasteiger partial charge in [-0.1, -0.05) is 23.7 Å². The SMILES string of the molecule is COC(=O)c1cccc(NC(=O)CCN(C(C)=O)c2cc(Cl)ccc2C)c1. The second kappa shape index (κ2) is 9.19. The number of carbonyl (C=O) groups excluding carboxylic acids is 3. The second-order valence-electron chi connectivity index (χ2n) is 5.97. The van der Waals surface area contributed by atoms with Gasteiger partial charge in [0.25, 0.3) is 0 Å². The van der Waals surface area contributed by atoms with Crippen LogP contribution in [-0.2, 0) is 14.3 Å². The Morgan fingerprint density at radius 2 is 1.89 bits per heavy atom. The van der Waals surface area contributed by atoms with Gasteiger partial charge in [-0.25, -0.2) is 4.79 Å². The van der Waals surface area contributed by atoms with Crippen LogP contribution in [0.5, 0.6) is 0 Å². The molecule has 0 aliphatic heterocycles. The molecule has 7 heteroatoms. The minimum absolute atomic E-state index is 0.0913. The summed E-state index contributed by atoms with van der Waals surface area (Å²) < 4.78 is 4.66. The molecule has 0 saturated heterocycles. The van der Waals surface area contributed by atoms with Crippen molar-refractivity contribution < 1.29 is 19.1 Å². The van der Waals surface area contributed by atoms with Gasteiger partial charge in [0, 0.05) is 36.3 Å². The molecule has 0 spiro atoms. The molecule has 6 nitrogen and oxygen atoms in total. The smallest absolute Gasteiger partial charge is 0.337 e. The van der Waals surface area contributed by atoms with E-state index in [2.05, 4.69) is 10.1 Å². The van der Waals surface area contributed by atoms with Gasteiger partial charge in [0.2, 0.25) is 11.8 Å². The maximum absolute atomic E-state index is 12.3. The molecule has 0 bridgehead atoms. The lowest BCUT2D eigenvalue weighted by molar-refractivity contribution is -0.117. The first kappa shape index (κ1) is 20.5. The first-order valence-electron chi connectivity index (χ1n) is 8.34. The number of carbonyl (C=O) groups is 3. The lowest BCUT2D eigenvalue weighted by Gasteiger charge is -2.23. The number of aryl methyl sites for hydroxylation is 1. The maximum Gasteiger partial charge on any atom is 0.337 e. The zero-order valence-electron chi connectivity index (χ0n) is 15.4. The molecule has 0 aliphatic carbocycles. The molecule has 1 N–H and O–H groups in total. The highest BCUT2D eigenvalue weighted by Gasteiger charge is 2.16. The van der Waals surface area contributed by atoms with Crippen molar-refractivity contribution in [3.05, 3.63) is 58.6 Å². The molecular formula is C20H21ClN2O4. The third kappa shape index (κ3) is 5.56. The molecule has 0 aromatic heterocycles. The lowest BCUT2D eigenvalue weighted by Crippen LogP contribution is -2.32. The molecular weight excluding hydrogens is 368 g/mol. The van der Waals surface area contributed by atoms with Crippen molar-refractivity contribution in [3.8, 4) is 0 Å². The van der Waals surface area contributed by atoms with Crippen LogP contribution < -0.4 is 10.2 Å². The van der Waals surface area contributed by atoms with Crippen molar-refractivity contribution in [1.29, 1.82) is 0 Å². The number of hydrogen-bond acceptors (Lipinski definition) is 4. The Labute approximate surface area is 163 Å². The van der Waals surface area contributed by atoms with E-state index in [1.807, 2.05) is 13.0 Å². The Kier molecular flexibility index (Phi) is 6.96. The number of nitrogens with zero attached hydrogens (tertiary/aromatic N) is 1. The van der Waals surface area contributed by atoms with Gasteiger partial charge in [0.1, 0.15) is 0 Å². The van der Waals surface area contributed by atoms with Crippen LogP contribution in [0, 0.1) is 6.92 Å². The molecule has 0 saturated carbocycles. The number of rotatable bonds is 6. The topological polar surface area (TPSA) is 75.7 Å². The summed E-state index contributed by atoms with van der Waals surface area (Å²) in [6.45, 7) is 3.52. The Morgan fingerprint density at radius 3 is 2.56 bits per heavy atom. The highest BCUT2D eigenvalue weighted by atomic mass is 35.5. The molecule has 0 heterocycles. The van der Waals surface area contributed by atoms with Gasteiger partial charge in [0.15, 0.2) is 0 Å². The number of methoxy groups -OCH3 is 1. The van der Waals surface area contributed by atoms with Crippen LogP contribution in [0.15, 0.2) is 42.5 Å². The lowest BCUT2D eigenvalue weighted by atomic mass is 10.1. The number of halogens is 1. The van der Waals surface area contributed by atoms with Crippen molar-refractivity contribution in [2.24, 2.45) is 0 Å². The quantitative estimate of drug-likeness (QED) is 0.763. The third-order valence-corrected chi connectivity index (χ3v) is 4.21. The molecule has 0 fully saturated rings. The zero-order valence-corrected chi connectivity index (χ0v) is 16.2. The summed E-state index contributed by atoms with van der Waals surface area (Å²) >= 11 is 6.03. The number of benzene rings is 2. The molecule has 0 aliphatic rings. The van der Waals surface area contributed by atoms with Gasteiger partial charge in [-0.05, 0) is 42.8 Å². The number of amides is 2. The summed E-state index contributed by atoms with van der Waals surface area (Å²) in [6.07, 6.45) is 0.0913. The average Bonchev–Trinajstić information content (AvgIpc) is 2.63. The van der Waals surface area contributed by atoms with Gasteiger partial charge in [-0.15, -0.1) is 0 Å².